The molecule has 0 atom stereocenters. The van der Waals surface area contributed by atoms with Crippen LogP contribution in [0.5, 0.6) is 0 Å². The van der Waals surface area contributed by atoms with Gasteiger partial charge in [-0.05, 0) is 24.3 Å². The van der Waals surface area contributed by atoms with Gasteiger partial charge in [0, 0.05) is 16.0 Å². The average molecular weight is 329 g/mol. The van der Waals surface area contributed by atoms with Crippen molar-refractivity contribution in [3.63, 3.8) is 0 Å². The van der Waals surface area contributed by atoms with Crippen LogP contribution in [0.2, 0.25) is 0 Å². The number of hydrogen-bond donors (Lipinski definition) is 2. The van der Waals surface area contributed by atoms with Gasteiger partial charge in [0.1, 0.15) is 5.01 Å². The van der Waals surface area contributed by atoms with Gasteiger partial charge in [-0.25, -0.2) is 5.48 Å². The molecule has 7 heteroatoms. The van der Waals surface area contributed by atoms with Gasteiger partial charge < -0.3 is 0 Å². The molecule has 0 aliphatic rings. The first-order valence-corrected chi connectivity index (χ1v) is 8.01. The summed E-state index contributed by atoms with van der Waals surface area (Å²) < 4.78 is 0.832. The molecule has 1 amide bonds. The summed E-state index contributed by atoms with van der Waals surface area (Å²) in [6, 6.07) is 16.8. The zero-order valence-electron chi connectivity index (χ0n) is 11.3. The first-order chi connectivity index (χ1) is 10.8. The van der Waals surface area contributed by atoms with E-state index >= 15 is 0 Å². The lowest BCUT2D eigenvalue weighted by molar-refractivity contribution is 0.0706. The third-order valence-corrected chi connectivity index (χ3v) is 4.88. The maximum absolute atomic E-state index is 11.3. The molecule has 0 fully saturated rings. The predicted octanol–water partition coefficient (Wildman–Crippen LogP) is 3.48. The van der Waals surface area contributed by atoms with Crippen molar-refractivity contribution in [3.8, 4) is 10.6 Å². The van der Waals surface area contributed by atoms with E-state index in [1.54, 1.807) is 29.7 Å². The third kappa shape index (κ3) is 3.33. The molecule has 0 saturated carbocycles. The molecule has 1 aromatic heterocycles. The molecule has 0 aliphatic heterocycles. The highest BCUT2D eigenvalue weighted by Gasteiger charge is 2.09. The summed E-state index contributed by atoms with van der Waals surface area (Å²) in [5.74, 6) is -0.529. The van der Waals surface area contributed by atoms with E-state index < -0.39 is 5.91 Å². The summed E-state index contributed by atoms with van der Waals surface area (Å²) in [4.78, 5) is 12.2. The number of carbonyl (C=O) groups is 1. The van der Waals surface area contributed by atoms with E-state index in [-0.39, 0.29) is 0 Å². The minimum absolute atomic E-state index is 0.397. The molecule has 0 radical (unpaired) electrons. The third-order valence-electron chi connectivity index (χ3n) is 2.85. The number of hydrogen-bond acceptors (Lipinski definition) is 6. The molecule has 3 rings (SSSR count). The van der Waals surface area contributed by atoms with Crippen LogP contribution in [0.4, 0.5) is 0 Å². The van der Waals surface area contributed by atoms with E-state index in [9.17, 15) is 4.79 Å². The number of amides is 1. The van der Waals surface area contributed by atoms with E-state index in [2.05, 4.69) is 10.2 Å². The van der Waals surface area contributed by atoms with E-state index in [1.807, 2.05) is 30.3 Å². The fourth-order valence-corrected chi connectivity index (χ4v) is 3.62. The fraction of sp³-hybridized carbons (Fsp3) is 0. The zero-order valence-corrected chi connectivity index (χ0v) is 12.9. The van der Waals surface area contributed by atoms with E-state index in [0.717, 1.165) is 19.8 Å². The number of hydroxylamine groups is 1. The molecule has 0 saturated heterocycles. The highest BCUT2D eigenvalue weighted by Crippen LogP contribution is 2.33. The Morgan fingerprint density at radius 1 is 1.05 bits per heavy atom. The van der Waals surface area contributed by atoms with Crippen molar-refractivity contribution in [2.75, 3.05) is 0 Å². The molecule has 22 heavy (non-hydrogen) atoms. The Morgan fingerprint density at radius 2 is 1.77 bits per heavy atom. The second kappa shape index (κ2) is 6.69. The highest BCUT2D eigenvalue weighted by molar-refractivity contribution is 8.01. The molecule has 0 unspecified atom stereocenters. The standard InChI is InChI=1S/C15H11N3O2S2/c19-13(18-20)10-6-8-12(9-7-10)21-15-17-16-14(22-15)11-4-2-1-3-5-11/h1-9,20H,(H,18,19). The molecule has 110 valence electrons. The van der Waals surface area contributed by atoms with E-state index in [0.29, 0.717) is 5.56 Å². The second-order valence-corrected chi connectivity index (χ2v) is 6.60. The minimum Gasteiger partial charge on any atom is -0.288 e. The molecule has 2 N–H and O–H groups in total. The Hall–Kier alpha value is -2.22. The van der Waals surface area contributed by atoms with Gasteiger partial charge >= 0.3 is 0 Å². The highest BCUT2D eigenvalue weighted by atomic mass is 32.2. The lowest BCUT2D eigenvalue weighted by Gasteiger charge is -2.00. The first-order valence-electron chi connectivity index (χ1n) is 6.37. The Kier molecular flexibility index (Phi) is 4.47. The molecule has 0 bridgehead atoms. The summed E-state index contributed by atoms with van der Waals surface area (Å²) in [6.07, 6.45) is 0. The minimum atomic E-state index is -0.529. The molecule has 2 aromatic carbocycles. The van der Waals surface area contributed by atoms with Crippen LogP contribution >= 0.6 is 23.1 Å². The van der Waals surface area contributed by atoms with Crippen molar-refractivity contribution in [2.45, 2.75) is 9.24 Å². The summed E-state index contributed by atoms with van der Waals surface area (Å²) in [6.45, 7) is 0. The maximum atomic E-state index is 11.3. The number of nitrogens with zero attached hydrogens (tertiary/aromatic N) is 2. The number of rotatable bonds is 4. The Balaban J connectivity index is 1.74. The van der Waals surface area contributed by atoms with E-state index in [1.165, 1.54) is 23.1 Å². The van der Waals surface area contributed by atoms with Gasteiger partial charge in [0.15, 0.2) is 4.34 Å². The molecular weight excluding hydrogens is 318 g/mol. The van der Waals surface area contributed by atoms with Crippen molar-refractivity contribution in [1.82, 2.24) is 15.7 Å². The molecule has 0 spiro atoms. The van der Waals surface area contributed by atoms with Crippen molar-refractivity contribution < 1.29 is 10.0 Å². The van der Waals surface area contributed by atoms with E-state index in [4.69, 9.17) is 5.21 Å². The van der Waals surface area contributed by atoms with Crippen molar-refractivity contribution in [3.05, 3.63) is 60.2 Å². The van der Waals surface area contributed by atoms with Crippen LogP contribution in [0.1, 0.15) is 10.4 Å². The predicted molar refractivity (Wildman–Crippen MR) is 85.2 cm³/mol. The van der Waals surface area contributed by atoms with Gasteiger partial charge in [-0.2, -0.15) is 0 Å². The second-order valence-electron chi connectivity index (χ2n) is 4.31. The van der Waals surface area contributed by atoms with Crippen molar-refractivity contribution in [1.29, 1.82) is 0 Å². The summed E-state index contributed by atoms with van der Waals surface area (Å²) in [5.41, 5.74) is 3.05. The van der Waals surface area contributed by atoms with Gasteiger partial charge in [-0.1, -0.05) is 53.4 Å². The van der Waals surface area contributed by atoms with Crippen LogP contribution < -0.4 is 5.48 Å². The summed E-state index contributed by atoms with van der Waals surface area (Å²) in [5, 5.41) is 17.8. The largest absolute Gasteiger partial charge is 0.288 e. The number of aromatic nitrogens is 2. The Morgan fingerprint density at radius 3 is 2.45 bits per heavy atom. The van der Waals surface area contributed by atoms with Crippen LogP contribution in [0.3, 0.4) is 0 Å². The summed E-state index contributed by atoms with van der Waals surface area (Å²) in [7, 11) is 0. The molecule has 0 aliphatic carbocycles. The van der Waals surface area contributed by atoms with Crippen LogP contribution in [0, 0.1) is 0 Å². The normalized spacial score (nSPS) is 10.4. The van der Waals surface area contributed by atoms with Gasteiger partial charge in [0.2, 0.25) is 0 Å². The van der Waals surface area contributed by atoms with Gasteiger partial charge in [0.25, 0.3) is 5.91 Å². The molecular formula is C15H11N3O2S2. The van der Waals surface area contributed by atoms with Crippen LogP contribution in [0.25, 0.3) is 10.6 Å². The first kappa shape index (κ1) is 14.7. The smallest absolute Gasteiger partial charge is 0.274 e. The SMILES string of the molecule is O=C(NO)c1ccc(Sc2nnc(-c3ccccc3)s2)cc1. The zero-order chi connectivity index (χ0) is 15.4. The molecule has 5 nitrogen and oxygen atoms in total. The lowest BCUT2D eigenvalue weighted by atomic mass is 10.2. The monoisotopic (exact) mass is 329 g/mol. The van der Waals surface area contributed by atoms with Crippen LogP contribution in [-0.4, -0.2) is 21.3 Å². The summed E-state index contributed by atoms with van der Waals surface area (Å²) >= 11 is 3.00. The van der Waals surface area contributed by atoms with Crippen molar-refractivity contribution >= 4 is 29.0 Å². The molecule has 1 heterocycles. The van der Waals surface area contributed by atoms with Gasteiger partial charge in [-0.3, -0.25) is 10.0 Å². The van der Waals surface area contributed by atoms with Crippen LogP contribution in [0.15, 0.2) is 63.8 Å². The number of benzene rings is 2. The fourth-order valence-electron chi connectivity index (χ4n) is 1.79. The Labute approximate surface area is 135 Å². The van der Waals surface area contributed by atoms with Crippen LogP contribution in [-0.2, 0) is 0 Å². The number of nitrogens with one attached hydrogen (secondary N) is 1. The quantitative estimate of drug-likeness (QED) is 0.566. The van der Waals surface area contributed by atoms with Gasteiger partial charge in [-0.15, -0.1) is 10.2 Å². The Bertz CT molecular complexity index is 773. The topological polar surface area (TPSA) is 75.1 Å². The lowest BCUT2D eigenvalue weighted by Crippen LogP contribution is -2.18. The number of carbonyl (C=O) groups excluding carboxylic acids is 1. The maximum Gasteiger partial charge on any atom is 0.274 e. The van der Waals surface area contributed by atoms with Gasteiger partial charge in [0.05, 0.1) is 0 Å². The average Bonchev–Trinajstić information content (AvgIpc) is 3.04. The van der Waals surface area contributed by atoms with Crippen molar-refractivity contribution in [2.24, 2.45) is 0 Å². The molecule has 3 aromatic rings.